The molecule has 12 heteroatoms. The zero-order chi connectivity index (χ0) is 24.4. The number of benzene rings is 1. The number of hydrogen-bond donors (Lipinski definition) is 7. The number of rotatable bonds is 12. The zero-order valence-corrected chi connectivity index (χ0v) is 18.0. The van der Waals surface area contributed by atoms with Crippen molar-refractivity contribution in [1.29, 1.82) is 0 Å². The molecule has 0 radical (unpaired) electrons. The molecule has 4 atom stereocenters. The van der Waals surface area contributed by atoms with Crippen LogP contribution in [-0.4, -0.2) is 74.6 Å². The Morgan fingerprint density at radius 3 is 2.21 bits per heavy atom. The maximum absolute atomic E-state index is 12.7. The van der Waals surface area contributed by atoms with E-state index in [2.05, 4.69) is 25.9 Å². The Morgan fingerprint density at radius 2 is 1.64 bits per heavy atom. The fraction of sp³-hybridized carbons (Fsp3) is 0.381. The number of amides is 3. The SMILES string of the molecule is CC(NC(=O)C(Cc1cnc[nH]1)NC(=O)C(CO)NC(=O)C(N)Cc1ccccc1)C(=O)O. The number of aliphatic hydroxyl groups excluding tert-OH is 1. The highest BCUT2D eigenvalue weighted by Gasteiger charge is 2.29. The number of nitrogens with two attached hydrogens (primary N) is 1. The summed E-state index contributed by atoms with van der Waals surface area (Å²) in [4.78, 5) is 55.4. The summed E-state index contributed by atoms with van der Waals surface area (Å²) in [6.45, 7) is 0.541. The third-order valence-corrected chi connectivity index (χ3v) is 4.79. The highest BCUT2D eigenvalue weighted by molar-refractivity contribution is 5.94. The number of nitrogens with one attached hydrogen (secondary N) is 4. The van der Waals surface area contributed by atoms with Crippen molar-refractivity contribution < 1.29 is 29.4 Å². The minimum absolute atomic E-state index is 0.0243. The predicted octanol–water partition coefficient (Wildman–Crippen LogP) is -1.93. The molecule has 0 aliphatic heterocycles. The van der Waals surface area contributed by atoms with E-state index >= 15 is 0 Å². The number of carbonyl (C=O) groups is 4. The minimum atomic E-state index is -1.37. The van der Waals surface area contributed by atoms with Crippen LogP contribution in [0.4, 0.5) is 0 Å². The summed E-state index contributed by atoms with van der Waals surface area (Å²) in [6.07, 6.45) is 3.03. The molecule has 1 aromatic heterocycles. The van der Waals surface area contributed by atoms with Gasteiger partial charge < -0.3 is 36.9 Å². The van der Waals surface area contributed by atoms with Gasteiger partial charge in [-0.1, -0.05) is 30.3 Å². The first kappa shape index (κ1) is 25.5. The Balaban J connectivity index is 2.03. The second-order valence-corrected chi connectivity index (χ2v) is 7.45. The molecule has 0 aliphatic carbocycles. The Kier molecular flexibility index (Phi) is 9.51. The first-order valence-corrected chi connectivity index (χ1v) is 10.2. The zero-order valence-electron chi connectivity index (χ0n) is 18.0. The second kappa shape index (κ2) is 12.3. The standard InChI is InChI=1S/C21H28N6O6/c1-12(21(32)33)25-19(30)16(8-14-9-23-11-24-14)26-20(31)17(10-28)27-18(29)15(22)7-13-5-3-2-4-6-13/h2-6,9,11-12,15-17,28H,7-8,10,22H2,1H3,(H,23,24)(H,25,30)(H,26,31)(H,27,29)(H,32,33). The van der Waals surface area contributed by atoms with Gasteiger partial charge in [-0.3, -0.25) is 19.2 Å². The number of imidazole rings is 1. The van der Waals surface area contributed by atoms with Crippen molar-refractivity contribution in [3.63, 3.8) is 0 Å². The van der Waals surface area contributed by atoms with E-state index in [1.807, 2.05) is 6.07 Å². The van der Waals surface area contributed by atoms with E-state index < -0.39 is 54.5 Å². The van der Waals surface area contributed by atoms with Crippen molar-refractivity contribution in [1.82, 2.24) is 25.9 Å². The summed E-state index contributed by atoms with van der Waals surface area (Å²) in [7, 11) is 0. The largest absolute Gasteiger partial charge is 0.480 e. The minimum Gasteiger partial charge on any atom is -0.480 e. The molecule has 2 aromatic rings. The third kappa shape index (κ3) is 8.01. The van der Waals surface area contributed by atoms with Gasteiger partial charge in [-0.15, -0.1) is 0 Å². The van der Waals surface area contributed by atoms with Crippen LogP contribution in [0.25, 0.3) is 0 Å². The number of hydrogen-bond acceptors (Lipinski definition) is 7. The maximum Gasteiger partial charge on any atom is 0.325 e. The molecule has 0 bridgehead atoms. The van der Waals surface area contributed by atoms with Crippen LogP contribution in [0.15, 0.2) is 42.9 Å². The average molecular weight is 460 g/mol. The molecule has 1 heterocycles. The van der Waals surface area contributed by atoms with Crippen molar-refractivity contribution in [2.24, 2.45) is 5.73 Å². The molecule has 0 saturated carbocycles. The molecule has 3 amide bonds. The Hall–Kier alpha value is -3.77. The van der Waals surface area contributed by atoms with Crippen molar-refractivity contribution >= 4 is 23.7 Å². The van der Waals surface area contributed by atoms with E-state index in [-0.39, 0.29) is 12.8 Å². The summed E-state index contributed by atoms with van der Waals surface area (Å²) in [5.41, 5.74) is 7.25. The smallest absolute Gasteiger partial charge is 0.325 e. The predicted molar refractivity (Wildman–Crippen MR) is 117 cm³/mol. The molecule has 4 unspecified atom stereocenters. The third-order valence-electron chi connectivity index (χ3n) is 4.79. The number of aromatic amines is 1. The molecule has 0 spiro atoms. The molecule has 1 aromatic carbocycles. The van der Waals surface area contributed by atoms with E-state index in [4.69, 9.17) is 10.8 Å². The first-order chi connectivity index (χ1) is 15.7. The van der Waals surface area contributed by atoms with Gasteiger partial charge >= 0.3 is 5.97 Å². The van der Waals surface area contributed by atoms with Crippen LogP contribution in [0.3, 0.4) is 0 Å². The second-order valence-electron chi connectivity index (χ2n) is 7.45. The molecule has 0 saturated heterocycles. The Morgan fingerprint density at radius 1 is 1.00 bits per heavy atom. The van der Waals surface area contributed by atoms with Gasteiger partial charge in [0.2, 0.25) is 17.7 Å². The number of nitrogens with zero attached hydrogens (tertiary/aromatic N) is 1. The highest BCUT2D eigenvalue weighted by Crippen LogP contribution is 2.03. The van der Waals surface area contributed by atoms with Crippen molar-refractivity contribution in [2.75, 3.05) is 6.61 Å². The highest BCUT2D eigenvalue weighted by atomic mass is 16.4. The monoisotopic (exact) mass is 460 g/mol. The van der Waals surface area contributed by atoms with Gasteiger partial charge in [0.1, 0.15) is 18.1 Å². The Labute approximate surface area is 190 Å². The lowest BCUT2D eigenvalue weighted by atomic mass is 10.1. The van der Waals surface area contributed by atoms with Crippen LogP contribution in [0, 0.1) is 0 Å². The molecule has 8 N–H and O–H groups in total. The van der Waals surface area contributed by atoms with E-state index in [1.165, 1.54) is 19.4 Å². The van der Waals surface area contributed by atoms with Gasteiger partial charge in [0.05, 0.1) is 19.0 Å². The molecule has 2 rings (SSSR count). The lowest BCUT2D eigenvalue weighted by molar-refractivity contribution is -0.141. The lowest BCUT2D eigenvalue weighted by Crippen LogP contribution is -2.58. The van der Waals surface area contributed by atoms with Gasteiger partial charge in [-0.25, -0.2) is 4.98 Å². The normalized spacial score (nSPS) is 14.4. The van der Waals surface area contributed by atoms with Gasteiger partial charge in [-0.05, 0) is 18.9 Å². The topological polar surface area (TPSA) is 200 Å². The molecular weight excluding hydrogens is 432 g/mol. The fourth-order valence-electron chi connectivity index (χ4n) is 2.91. The molecule has 178 valence electrons. The van der Waals surface area contributed by atoms with Crippen molar-refractivity contribution in [3.8, 4) is 0 Å². The van der Waals surface area contributed by atoms with Crippen LogP contribution in [-0.2, 0) is 32.0 Å². The van der Waals surface area contributed by atoms with Gasteiger partial charge in [-0.2, -0.15) is 0 Å². The number of carboxylic acid groups (broad SMARTS) is 1. The first-order valence-electron chi connectivity index (χ1n) is 10.2. The number of carboxylic acids is 1. The summed E-state index contributed by atoms with van der Waals surface area (Å²) in [6, 6.07) is 4.34. The number of H-pyrrole nitrogens is 1. The Bertz CT molecular complexity index is 936. The van der Waals surface area contributed by atoms with E-state index in [9.17, 15) is 24.3 Å². The summed E-state index contributed by atoms with van der Waals surface area (Å²) in [5, 5.41) is 25.8. The van der Waals surface area contributed by atoms with E-state index in [0.717, 1.165) is 5.56 Å². The number of aliphatic carboxylic acids is 1. The number of carbonyl (C=O) groups excluding carboxylic acids is 3. The van der Waals surface area contributed by atoms with Crippen LogP contribution in [0.1, 0.15) is 18.2 Å². The molecule has 0 aliphatic rings. The van der Waals surface area contributed by atoms with Crippen LogP contribution >= 0.6 is 0 Å². The molecular formula is C21H28N6O6. The number of aromatic nitrogens is 2. The van der Waals surface area contributed by atoms with Gasteiger partial charge in [0.15, 0.2) is 0 Å². The van der Waals surface area contributed by atoms with Crippen LogP contribution in [0.5, 0.6) is 0 Å². The van der Waals surface area contributed by atoms with Gasteiger partial charge in [0, 0.05) is 18.3 Å². The van der Waals surface area contributed by atoms with Gasteiger partial charge in [0.25, 0.3) is 0 Å². The molecule has 0 fully saturated rings. The summed E-state index contributed by atoms with van der Waals surface area (Å²) in [5.74, 6) is -3.48. The molecule has 33 heavy (non-hydrogen) atoms. The van der Waals surface area contributed by atoms with Crippen LogP contribution in [0.2, 0.25) is 0 Å². The summed E-state index contributed by atoms with van der Waals surface area (Å²) >= 11 is 0. The lowest BCUT2D eigenvalue weighted by Gasteiger charge is -2.23. The summed E-state index contributed by atoms with van der Waals surface area (Å²) < 4.78 is 0. The van der Waals surface area contributed by atoms with Crippen molar-refractivity contribution in [3.05, 3.63) is 54.1 Å². The average Bonchev–Trinajstić information content (AvgIpc) is 3.30. The molecule has 12 nitrogen and oxygen atoms in total. The van der Waals surface area contributed by atoms with E-state index in [1.54, 1.807) is 24.3 Å². The van der Waals surface area contributed by atoms with Crippen molar-refractivity contribution in [2.45, 2.75) is 43.9 Å². The fourth-order valence-corrected chi connectivity index (χ4v) is 2.91. The van der Waals surface area contributed by atoms with E-state index in [0.29, 0.717) is 5.69 Å². The quantitative estimate of drug-likeness (QED) is 0.190. The number of aliphatic hydroxyl groups is 1. The maximum atomic E-state index is 12.7. The van der Waals surface area contributed by atoms with Crippen LogP contribution < -0.4 is 21.7 Å².